The molecule has 0 bridgehead atoms. The summed E-state index contributed by atoms with van der Waals surface area (Å²) in [5, 5.41) is 4.53. The monoisotopic (exact) mass is 339 g/mol. The first kappa shape index (κ1) is 14.3. The van der Waals surface area contributed by atoms with Gasteiger partial charge in [0.05, 0.1) is 6.54 Å². The summed E-state index contributed by atoms with van der Waals surface area (Å²) in [7, 11) is 0. The van der Waals surface area contributed by atoms with E-state index >= 15 is 0 Å². The maximum atomic E-state index is 4.49. The van der Waals surface area contributed by atoms with Crippen LogP contribution in [0.2, 0.25) is 0 Å². The third kappa shape index (κ3) is 3.70. The van der Waals surface area contributed by atoms with Gasteiger partial charge < -0.3 is 10.2 Å². The van der Waals surface area contributed by atoms with Gasteiger partial charge in [-0.15, -0.1) is 11.3 Å². The summed E-state index contributed by atoms with van der Waals surface area (Å²) in [5.74, 6) is 0. The Morgan fingerprint density at radius 1 is 1.26 bits per heavy atom. The van der Waals surface area contributed by atoms with Gasteiger partial charge in [0.15, 0.2) is 5.13 Å². The number of nitrogens with one attached hydrogen (secondary N) is 1. The maximum Gasteiger partial charge on any atom is 0.185 e. The van der Waals surface area contributed by atoms with Crippen molar-refractivity contribution in [1.82, 2.24) is 4.98 Å². The second-order valence-corrected chi connectivity index (χ2v) is 6.06. The molecule has 0 saturated carbocycles. The Bertz CT molecular complexity index is 523. The zero-order chi connectivity index (χ0) is 13.7. The summed E-state index contributed by atoms with van der Waals surface area (Å²) in [6.07, 6.45) is 1.96. The molecule has 1 aromatic heterocycles. The lowest BCUT2D eigenvalue weighted by molar-refractivity contribution is 0.860. The Hall–Kier alpha value is -1.07. The van der Waals surface area contributed by atoms with E-state index in [0.29, 0.717) is 0 Å². The SMILES string of the molecule is CCN(CC)c1ncc(CNc2ccccc2Br)s1. The molecular formula is C14H18BrN3S. The van der Waals surface area contributed by atoms with Crippen molar-refractivity contribution in [3.05, 3.63) is 39.8 Å². The summed E-state index contributed by atoms with van der Waals surface area (Å²) in [6, 6.07) is 8.15. The van der Waals surface area contributed by atoms with Gasteiger partial charge >= 0.3 is 0 Å². The van der Waals surface area contributed by atoms with E-state index in [4.69, 9.17) is 0 Å². The quantitative estimate of drug-likeness (QED) is 0.847. The number of para-hydroxylation sites is 1. The number of benzene rings is 1. The molecule has 1 N–H and O–H groups in total. The number of rotatable bonds is 6. The van der Waals surface area contributed by atoms with Crippen molar-refractivity contribution in [3.63, 3.8) is 0 Å². The second-order valence-electron chi connectivity index (χ2n) is 4.11. The van der Waals surface area contributed by atoms with E-state index in [9.17, 15) is 0 Å². The van der Waals surface area contributed by atoms with Crippen molar-refractivity contribution in [3.8, 4) is 0 Å². The molecule has 0 atom stereocenters. The number of halogens is 1. The minimum atomic E-state index is 0.807. The fourth-order valence-electron chi connectivity index (χ4n) is 1.81. The number of aromatic nitrogens is 1. The smallest absolute Gasteiger partial charge is 0.185 e. The minimum absolute atomic E-state index is 0.807. The number of nitrogens with zero attached hydrogens (tertiary/aromatic N) is 2. The van der Waals surface area contributed by atoms with Crippen LogP contribution < -0.4 is 10.2 Å². The van der Waals surface area contributed by atoms with Crippen LogP contribution in [0.4, 0.5) is 10.8 Å². The van der Waals surface area contributed by atoms with Crippen molar-refractivity contribution in [2.45, 2.75) is 20.4 Å². The fourth-order valence-corrected chi connectivity index (χ4v) is 3.21. The Labute approximate surface area is 126 Å². The molecule has 0 unspecified atom stereocenters. The zero-order valence-electron chi connectivity index (χ0n) is 11.2. The Morgan fingerprint density at radius 3 is 2.68 bits per heavy atom. The predicted octanol–water partition coefficient (Wildman–Crippen LogP) is 4.36. The van der Waals surface area contributed by atoms with Gasteiger partial charge in [-0.25, -0.2) is 4.98 Å². The van der Waals surface area contributed by atoms with Crippen molar-refractivity contribution in [2.75, 3.05) is 23.3 Å². The van der Waals surface area contributed by atoms with E-state index < -0.39 is 0 Å². The van der Waals surface area contributed by atoms with E-state index in [0.717, 1.165) is 34.9 Å². The Morgan fingerprint density at radius 2 is 2.00 bits per heavy atom. The van der Waals surface area contributed by atoms with Gasteiger partial charge in [0.2, 0.25) is 0 Å². The molecule has 0 fully saturated rings. The van der Waals surface area contributed by atoms with Crippen LogP contribution >= 0.6 is 27.3 Å². The van der Waals surface area contributed by atoms with Gasteiger partial charge in [0.25, 0.3) is 0 Å². The lowest BCUT2D eigenvalue weighted by Crippen LogP contribution is -2.21. The first-order valence-corrected chi connectivity index (χ1v) is 8.03. The van der Waals surface area contributed by atoms with Gasteiger partial charge in [-0.05, 0) is 41.9 Å². The average Bonchev–Trinajstić information content (AvgIpc) is 2.88. The lowest BCUT2D eigenvalue weighted by atomic mass is 10.3. The van der Waals surface area contributed by atoms with Gasteiger partial charge in [-0.3, -0.25) is 0 Å². The van der Waals surface area contributed by atoms with Crippen LogP contribution in [-0.2, 0) is 6.54 Å². The van der Waals surface area contributed by atoms with E-state index in [1.54, 1.807) is 11.3 Å². The van der Waals surface area contributed by atoms with E-state index in [1.807, 2.05) is 24.4 Å². The lowest BCUT2D eigenvalue weighted by Gasteiger charge is -2.16. The van der Waals surface area contributed by atoms with Crippen LogP contribution in [0.5, 0.6) is 0 Å². The summed E-state index contributed by atoms with van der Waals surface area (Å²) in [5.41, 5.74) is 1.11. The molecule has 0 saturated heterocycles. The molecular weight excluding hydrogens is 322 g/mol. The molecule has 102 valence electrons. The van der Waals surface area contributed by atoms with Crippen LogP contribution in [0.3, 0.4) is 0 Å². The van der Waals surface area contributed by atoms with Gasteiger partial charge in [-0.2, -0.15) is 0 Å². The van der Waals surface area contributed by atoms with E-state index in [2.05, 4.69) is 51.0 Å². The first-order valence-electron chi connectivity index (χ1n) is 6.42. The minimum Gasteiger partial charge on any atom is -0.379 e. The first-order chi connectivity index (χ1) is 9.24. The molecule has 0 radical (unpaired) electrons. The summed E-state index contributed by atoms with van der Waals surface area (Å²) >= 11 is 5.29. The molecule has 0 aliphatic heterocycles. The van der Waals surface area contributed by atoms with E-state index in [1.165, 1.54) is 4.88 Å². The molecule has 1 aromatic carbocycles. The number of hydrogen-bond donors (Lipinski definition) is 1. The van der Waals surface area contributed by atoms with E-state index in [-0.39, 0.29) is 0 Å². The standard InChI is InChI=1S/C14H18BrN3S/c1-3-18(4-2)14-17-10-11(19-14)9-16-13-8-6-5-7-12(13)15/h5-8,10,16H,3-4,9H2,1-2H3. The predicted molar refractivity (Wildman–Crippen MR) is 87.1 cm³/mol. The van der Waals surface area contributed by atoms with Gasteiger partial charge in [0.1, 0.15) is 0 Å². The molecule has 2 rings (SSSR count). The Balaban J connectivity index is 1.99. The molecule has 0 amide bonds. The highest BCUT2D eigenvalue weighted by atomic mass is 79.9. The summed E-state index contributed by atoms with van der Waals surface area (Å²) in [6.45, 7) is 7.12. The van der Waals surface area contributed by atoms with Crippen molar-refractivity contribution in [2.24, 2.45) is 0 Å². The van der Waals surface area contributed by atoms with Crippen LogP contribution in [0, 0.1) is 0 Å². The van der Waals surface area contributed by atoms with Crippen LogP contribution in [0.15, 0.2) is 34.9 Å². The molecule has 3 nitrogen and oxygen atoms in total. The molecule has 5 heteroatoms. The highest BCUT2D eigenvalue weighted by Gasteiger charge is 2.07. The molecule has 0 aliphatic carbocycles. The average molecular weight is 340 g/mol. The molecule has 2 aromatic rings. The summed E-state index contributed by atoms with van der Waals surface area (Å²) in [4.78, 5) is 8.00. The van der Waals surface area contributed by atoms with Crippen LogP contribution in [-0.4, -0.2) is 18.1 Å². The normalized spacial score (nSPS) is 10.5. The third-order valence-electron chi connectivity index (χ3n) is 2.90. The Kier molecular flexibility index (Phi) is 5.22. The number of thiazole rings is 1. The third-order valence-corrected chi connectivity index (χ3v) is 4.65. The molecule has 19 heavy (non-hydrogen) atoms. The maximum absolute atomic E-state index is 4.49. The second kappa shape index (κ2) is 6.91. The van der Waals surface area contributed by atoms with Crippen molar-refractivity contribution >= 4 is 38.1 Å². The largest absolute Gasteiger partial charge is 0.379 e. The van der Waals surface area contributed by atoms with Gasteiger partial charge in [0, 0.05) is 34.3 Å². The van der Waals surface area contributed by atoms with Crippen molar-refractivity contribution < 1.29 is 0 Å². The number of hydrogen-bond acceptors (Lipinski definition) is 4. The molecule has 0 aliphatic rings. The van der Waals surface area contributed by atoms with Gasteiger partial charge in [-0.1, -0.05) is 12.1 Å². The molecule has 1 heterocycles. The fraction of sp³-hybridized carbons (Fsp3) is 0.357. The highest BCUT2D eigenvalue weighted by Crippen LogP contribution is 2.25. The topological polar surface area (TPSA) is 28.2 Å². The van der Waals surface area contributed by atoms with Crippen molar-refractivity contribution in [1.29, 1.82) is 0 Å². The molecule has 0 spiro atoms. The van der Waals surface area contributed by atoms with Crippen LogP contribution in [0.25, 0.3) is 0 Å². The van der Waals surface area contributed by atoms with Crippen LogP contribution in [0.1, 0.15) is 18.7 Å². The number of anilines is 2. The highest BCUT2D eigenvalue weighted by molar-refractivity contribution is 9.10. The summed E-state index contributed by atoms with van der Waals surface area (Å²) < 4.78 is 1.09. The zero-order valence-corrected chi connectivity index (χ0v) is 13.6.